The van der Waals surface area contributed by atoms with Gasteiger partial charge in [0.15, 0.2) is 11.5 Å². The second-order valence-electron chi connectivity index (χ2n) is 8.60. The normalized spacial score (nSPS) is 22.6. The lowest BCUT2D eigenvalue weighted by Crippen LogP contribution is -2.49. The molecule has 7 heteroatoms. The number of hydrogen-bond donors (Lipinski definition) is 1. The van der Waals surface area contributed by atoms with Crippen molar-refractivity contribution in [2.45, 2.75) is 31.2 Å². The van der Waals surface area contributed by atoms with Crippen molar-refractivity contribution in [3.8, 4) is 11.5 Å². The predicted molar refractivity (Wildman–Crippen MR) is 121 cm³/mol. The molecule has 7 nitrogen and oxygen atoms in total. The van der Waals surface area contributed by atoms with E-state index in [4.69, 9.17) is 9.47 Å². The number of nitrogens with zero attached hydrogens (tertiary/aromatic N) is 2. The van der Waals surface area contributed by atoms with Crippen LogP contribution in [0.15, 0.2) is 48.5 Å². The minimum atomic E-state index is 0.0168. The minimum absolute atomic E-state index is 0.0168. The Labute approximate surface area is 188 Å². The van der Waals surface area contributed by atoms with Crippen molar-refractivity contribution < 1.29 is 19.1 Å². The maximum atomic E-state index is 12.9. The first-order valence-corrected chi connectivity index (χ1v) is 11.4. The molecule has 1 N–H and O–H groups in total. The van der Waals surface area contributed by atoms with Crippen molar-refractivity contribution >= 4 is 17.5 Å². The molecule has 168 valence electrons. The van der Waals surface area contributed by atoms with Crippen LogP contribution in [-0.2, 0) is 9.59 Å². The molecule has 2 amide bonds. The van der Waals surface area contributed by atoms with E-state index >= 15 is 0 Å². The van der Waals surface area contributed by atoms with Crippen molar-refractivity contribution in [2.75, 3.05) is 44.3 Å². The average molecular weight is 436 g/mol. The third kappa shape index (κ3) is 4.24. The van der Waals surface area contributed by atoms with E-state index in [1.54, 1.807) is 0 Å². The van der Waals surface area contributed by atoms with Gasteiger partial charge in [0, 0.05) is 51.0 Å². The Morgan fingerprint density at radius 3 is 2.56 bits per heavy atom. The highest BCUT2D eigenvalue weighted by atomic mass is 16.6. The van der Waals surface area contributed by atoms with Gasteiger partial charge in [-0.25, -0.2) is 0 Å². The second-order valence-corrected chi connectivity index (χ2v) is 8.60. The lowest BCUT2D eigenvalue weighted by atomic mass is 9.89. The number of para-hydroxylation sites is 1. The van der Waals surface area contributed by atoms with Gasteiger partial charge in [-0.05, 0) is 24.1 Å². The molecule has 32 heavy (non-hydrogen) atoms. The van der Waals surface area contributed by atoms with E-state index in [9.17, 15) is 9.59 Å². The maximum absolute atomic E-state index is 12.9. The Kier molecular flexibility index (Phi) is 5.88. The van der Waals surface area contributed by atoms with Crippen LogP contribution < -0.4 is 19.7 Å². The average Bonchev–Trinajstić information content (AvgIpc) is 3.23. The number of carbonyl (C=O) groups excluding carboxylic acids is 2. The number of carbonyl (C=O) groups is 2. The third-order valence-electron chi connectivity index (χ3n) is 6.65. The summed E-state index contributed by atoms with van der Waals surface area (Å²) in [5, 5.41) is 3.07. The lowest BCUT2D eigenvalue weighted by Gasteiger charge is -2.37. The third-order valence-corrected chi connectivity index (χ3v) is 6.65. The number of anilines is 1. The summed E-state index contributed by atoms with van der Waals surface area (Å²) in [4.78, 5) is 29.1. The van der Waals surface area contributed by atoms with Crippen LogP contribution in [0.25, 0.3) is 0 Å². The summed E-state index contributed by atoms with van der Waals surface area (Å²) in [6.45, 7) is 4.02. The second kappa shape index (κ2) is 9.10. The van der Waals surface area contributed by atoms with E-state index in [1.807, 2.05) is 35.2 Å². The Morgan fingerprint density at radius 1 is 0.969 bits per heavy atom. The highest BCUT2D eigenvalue weighted by Gasteiger charge is 2.34. The molecule has 0 bridgehead atoms. The van der Waals surface area contributed by atoms with E-state index in [-0.39, 0.29) is 23.8 Å². The van der Waals surface area contributed by atoms with Crippen LogP contribution in [-0.4, -0.2) is 62.1 Å². The number of piperazine rings is 1. The van der Waals surface area contributed by atoms with Crippen molar-refractivity contribution in [1.82, 2.24) is 10.2 Å². The summed E-state index contributed by atoms with van der Waals surface area (Å²) in [6.07, 6.45) is 1.61. The molecule has 3 aliphatic heterocycles. The quantitative estimate of drug-likeness (QED) is 0.782. The number of amides is 2. The molecule has 2 aromatic rings. The van der Waals surface area contributed by atoms with Crippen LogP contribution in [0.1, 0.15) is 30.7 Å². The molecule has 0 spiro atoms. The van der Waals surface area contributed by atoms with E-state index in [0.717, 1.165) is 35.8 Å². The van der Waals surface area contributed by atoms with Crippen molar-refractivity contribution in [1.29, 1.82) is 0 Å². The highest BCUT2D eigenvalue weighted by molar-refractivity contribution is 5.81. The van der Waals surface area contributed by atoms with Gasteiger partial charge in [-0.1, -0.05) is 36.4 Å². The summed E-state index contributed by atoms with van der Waals surface area (Å²) in [5.41, 5.74) is 2.20. The van der Waals surface area contributed by atoms with Gasteiger partial charge in [0.05, 0.1) is 5.69 Å². The number of hydrogen-bond acceptors (Lipinski definition) is 5. The van der Waals surface area contributed by atoms with Crippen LogP contribution in [0.2, 0.25) is 0 Å². The zero-order chi connectivity index (χ0) is 21.9. The van der Waals surface area contributed by atoms with Crippen molar-refractivity contribution in [3.05, 3.63) is 54.1 Å². The first-order chi connectivity index (χ1) is 15.7. The molecule has 2 saturated heterocycles. The summed E-state index contributed by atoms with van der Waals surface area (Å²) in [7, 11) is 0. The Hall–Kier alpha value is -3.22. The Bertz CT molecular complexity index is 972. The molecule has 5 rings (SSSR count). The number of nitrogens with one attached hydrogen (secondary N) is 1. The molecule has 0 aliphatic carbocycles. The van der Waals surface area contributed by atoms with Gasteiger partial charge < -0.3 is 24.6 Å². The largest absolute Gasteiger partial charge is 0.486 e. The standard InChI is InChI=1S/C25H29N3O4/c29-23-17-19(18-5-2-1-3-6-18)20(26-23)9-10-24(30)28-13-11-27(12-14-28)21-7-4-8-22-25(21)32-16-15-31-22/h1-8,19-20H,9-17H2,(H,26,29). The van der Waals surface area contributed by atoms with E-state index in [2.05, 4.69) is 28.4 Å². The monoisotopic (exact) mass is 435 g/mol. The molecule has 3 aliphatic rings. The highest BCUT2D eigenvalue weighted by Crippen LogP contribution is 2.39. The summed E-state index contributed by atoms with van der Waals surface area (Å²) in [5.74, 6) is 1.97. The molecule has 2 atom stereocenters. The van der Waals surface area contributed by atoms with Crippen molar-refractivity contribution in [3.63, 3.8) is 0 Å². The van der Waals surface area contributed by atoms with Gasteiger partial charge in [0.2, 0.25) is 11.8 Å². The molecule has 2 aromatic carbocycles. The summed E-state index contributed by atoms with van der Waals surface area (Å²) >= 11 is 0. The molecule has 2 unspecified atom stereocenters. The Morgan fingerprint density at radius 2 is 1.75 bits per heavy atom. The first-order valence-electron chi connectivity index (χ1n) is 11.4. The van der Waals surface area contributed by atoms with E-state index in [0.29, 0.717) is 45.6 Å². The van der Waals surface area contributed by atoms with Gasteiger partial charge in [-0.3, -0.25) is 9.59 Å². The van der Waals surface area contributed by atoms with Crippen LogP contribution in [0, 0.1) is 0 Å². The van der Waals surface area contributed by atoms with Crippen LogP contribution >= 0.6 is 0 Å². The molecule has 2 fully saturated rings. The predicted octanol–water partition coefficient (Wildman–Crippen LogP) is 2.56. The molecule has 3 heterocycles. The SMILES string of the molecule is O=C1CC(c2ccccc2)C(CCC(=O)N2CCN(c3cccc4c3OCCO4)CC2)N1. The summed E-state index contributed by atoms with van der Waals surface area (Å²) in [6, 6.07) is 16.1. The van der Waals surface area contributed by atoms with Crippen LogP contribution in [0.3, 0.4) is 0 Å². The van der Waals surface area contributed by atoms with Gasteiger partial charge in [-0.15, -0.1) is 0 Å². The Balaban J connectivity index is 1.16. The van der Waals surface area contributed by atoms with Gasteiger partial charge in [0.25, 0.3) is 0 Å². The first kappa shape index (κ1) is 20.7. The van der Waals surface area contributed by atoms with Crippen molar-refractivity contribution in [2.24, 2.45) is 0 Å². The zero-order valence-electron chi connectivity index (χ0n) is 18.2. The van der Waals surface area contributed by atoms with Gasteiger partial charge >= 0.3 is 0 Å². The van der Waals surface area contributed by atoms with Crippen LogP contribution in [0.5, 0.6) is 11.5 Å². The van der Waals surface area contributed by atoms with Gasteiger partial charge in [0.1, 0.15) is 13.2 Å². The smallest absolute Gasteiger partial charge is 0.222 e. The molecule has 0 radical (unpaired) electrons. The minimum Gasteiger partial charge on any atom is -0.486 e. The fraction of sp³-hybridized carbons (Fsp3) is 0.440. The molecule has 0 saturated carbocycles. The molecule has 0 aromatic heterocycles. The number of ether oxygens (including phenoxy) is 2. The molecular weight excluding hydrogens is 406 g/mol. The number of rotatable bonds is 5. The lowest BCUT2D eigenvalue weighted by molar-refractivity contribution is -0.131. The zero-order valence-corrected chi connectivity index (χ0v) is 18.2. The molecular formula is C25H29N3O4. The maximum Gasteiger partial charge on any atom is 0.222 e. The number of benzene rings is 2. The topological polar surface area (TPSA) is 71.1 Å². The summed E-state index contributed by atoms with van der Waals surface area (Å²) < 4.78 is 11.5. The fourth-order valence-corrected chi connectivity index (χ4v) is 4.97. The fourth-order valence-electron chi connectivity index (χ4n) is 4.97. The number of fused-ring (bicyclic) bond motifs is 1. The van der Waals surface area contributed by atoms with Crippen LogP contribution in [0.4, 0.5) is 5.69 Å². The van der Waals surface area contributed by atoms with E-state index in [1.165, 1.54) is 0 Å². The van der Waals surface area contributed by atoms with Gasteiger partial charge in [-0.2, -0.15) is 0 Å². The van der Waals surface area contributed by atoms with E-state index < -0.39 is 0 Å².